The smallest absolute Gasteiger partial charge is 0.280 e. The summed E-state index contributed by atoms with van der Waals surface area (Å²) in [5.41, 5.74) is 2.63. The van der Waals surface area contributed by atoms with E-state index in [1.807, 2.05) is 38.1 Å². The predicted molar refractivity (Wildman–Crippen MR) is 105 cm³/mol. The fourth-order valence-corrected chi connectivity index (χ4v) is 3.11. The van der Waals surface area contributed by atoms with Gasteiger partial charge in [0.15, 0.2) is 0 Å². The molecule has 2 aromatic carbocycles. The molecule has 1 aliphatic rings. The summed E-state index contributed by atoms with van der Waals surface area (Å²) in [5, 5.41) is 6.30. The van der Waals surface area contributed by atoms with Gasteiger partial charge in [-0.2, -0.15) is 10.1 Å². The highest BCUT2D eigenvalue weighted by atomic mass is 79.9. The van der Waals surface area contributed by atoms with E-state index >= 15 is 0 Å². The van der Waals surface area contributed by atoms with E-state index in [2.05, 4.69) is 21.0 Å². The predicted octanol–water partition coefficient (Wildman–Crippen LogP) is 5.31. The lowest BCUT2D eigenvalue weighted by molar-refractivity contribution is -0.114. The summed E-state index contributed by atoms with van der Waals surface area (Å²) in [6.45, 7) is 4.29. The number of hydrogen-bond acceptors (Lipinski definition) is 3. The van der Waals surface area contributed by atoms with Gasteiger partial charge in [0.2, 0.25) is 0 Å². The third-order valence-corrected chi connectivity index (χ3v) is 4.42. The molecule has 3 rings (SSSR count). The molecule has 0 unspecified atom stereocenters. The molecule has 0 N–H and O–H groups in total. The Morgan fingerprint density at radius 2 is 2.08 bits per heavy atom. The molecule has 1 aliphatic heterocycles. The van der Waals surface area contributed by atoms with Gasteiger partial charge in [-0.3, -0.25) is 4.79 Å². The Kier molecular flexibility index (Phi) is 5.25. The minimum Gasteiger partial charge on any atom is -0.493 e. The Morgan fingerprint density at radius 1 is 1.28 bits per heavy atom. The maximum Gasteiger partial charge on any atom is 0.280 e. The average molecular weight is 420 g/mol. The molecule has 4 nitrogen and oxygen atoms in total. The van der Waals surface area contributed by atoms with Gasteiger partial charge in [0.1, 0.15) is 5.75 Å². The molecule has 128 valence electrons. The van der Waals surface area contributed by atoms with Crippen molar-refractivity contribution in [2.75, 3.05) is 11.6 Å². The maximum absolute atomic E-state index is 12.8. The Labute approximate surface area is 159 Å². The van der Waals surface area contributed by atoms with Crippen LogP contribution in [0.3, 0.4) is 0 Å². The molecule has 6 heteroatoms. The number of benzene rings is 2. The third kappa shape index (κ3) is 3.78. The number of nitrogens with zero attached hydrogens (tertiary/aromatic N) is 2. The minimum absolute atomic E-state index is 0.192. The van der Waals surface area contributed by atoms with Crippen molar-refractivity contribution in [2.24, 2.45) is 5.10 Å². The SMILES string of the molecule is CCOc1ccc(Br)cc1C=C1C(=O)N(c2cccc(Cl)c2)N=C1C. The number of ether oxygens (including phenoxy) is 1. The molecule has 1 heterocycles. The molecule has 1 amide bonds. The van der Waals surface area contributed by atoms with Gasteiger partial charge in [0, 0.05) is 15.1 Å². The maximum atomic E-state index is 12.8. The first kappa shape index (κ1) is 17.7. The number of carbonyl (C=O) groups is 1. The van der Waals surface area contributed by atoms with Crippen LogP contribution in [0.4, 0.5) is 5.69 Å². The van der Waals surface area contributed by atoms with Gasteiger partial charge in [-0.05, 0) is 56.3 Å². The van der Waals surface area contributed by atoms with Crippen molar-refractivity contribution in [1.29, 1.82) is 0 Å². The first-order chi connectivity index (χ1) is 12.0. The molecule has 0 bridgehead atoms. The molecule has 0 aliphatic carbocycles. The van der Waals surface area contributed by atoms with Crippen molar-refractivity contribution >= 4 is 50.9 Å². The number of anilines is 1. The zero-order chi connectivity index (χ0) is 18.0. The van der Waals surface area contributed by atoms with E-state index in [1.165, 1.54) is 5.01 Å². The summed E-state index contributed by atoms with van der Waals surface area (Å²) in [6.07, 6.45) is 1.81. The molecule has 0 atom stereocenters. The first-order valence-electron chi connectivity index (χ1n) is 7.79. The summed E-state index contributed by atoms with van der Waals surface area (Å²) >= 11 is 9.48. The van der Waals surface area contributed by atoms with Crippen molar-refractivity contribution in [2.45, 2.75) is 13.8 Å². The average Bonchev–Trinajstić information content (AvgIpc) is 2.85. The van der Waals surface area contributed by atoms with Gasteiger partial charge >= 0.3 is 0 Å². The van der Waals surface area contributed by atoms with Crippen molar-refractivity contribution in [1.82, 2.24) is 0 Å². The number of amides is 1. The highest BCUT2D eigenvalue weighted by Gasteiger charge is 2.29. The summed E-state index contributed by atoms with van der Waals surface area (Å²) < 4.78 is 6.56. The molecule has 2 aromatic rings. The van der Waals surface area contributed by atoms with Crippen LogP contribution >= 0.6 is 27.5 Å². The zero-order valence-corrected chi connectivity index (χ0v) is 16.1. The van der Waals surface area contributed by atoms with Gasteiger partial charge in [0.25, 0.3) is 5.91 Å². The fraction of sp³-hybridized carbons (Fsp3) is 0.158. The lowest BCUT2D eigenvalue weighted by Gasteiger charge is -2.12. The number of hydrogen-bond donors (Lipinski definition) is 0. The first-order valence-corrected chi connectivity index (χ1v) is 8.96. The van der Waals surface area contributed by atoms with Crippen LogP contribution in [0.15, 0.2) is 57.6 Å². The van der Waals surface area contributed by atoms with Crippen LogP contribution in [0.1, 0.15) is 19.4 Å². The second-order valence-electron chi connectivity index (χ2n) is 5.46. The van der Waals surface area contributed by atoms with Crippen molar-refractivity contribution < 1.29 is 9.53 Å². The van der Waals surface area contributed by atoms with Crippen LogP contribution < -0.4 is 9.75 Å². The summed E-state index contributed by atoms with van der Waals surface area (Å²) in [5.74, 6) is 0.530. The Morgan fingerprint density at radius 3 is 2.80 bits per heavy atom. The molecule has 0 radical (unpaired) electrons. The number of rotatable bonds is 4. The van der Waals surface area contributed by atoms with E-state index in [4.69, 9.17) is 16.3 Å². The number of carbonyl (C=O) groups excluding carboxylic acids is 1. The molecule has 0 aromatic heterocycles. The summed E-state index contributed by atoms with van der Waals surface area (Å²) in [6, 6.07) is 12.8. The number of halogens is 2. The monoisotopic (exact) mass is 418 g/mol. The molecule has 0 saturated heterocycles. The minimum atomic E-state index is -0.192. The topological polar surface area (TPSA) is 41.9 Å². The summed E-state index contributed by atoms with van der Waals surface area (Å²) in [7, 11) is 0. The van der Waals surface area contributed by atoms with E-state index in [-0.39, 0.29) is 5.91 Å². The van der Waals surface area contributed by atoms with E-state index in [9.17, 15) is 4.79 Å². The van der Waals surface area contributed by atoms with Gasteiger partial charge < -0.3 is 4.74 Å². The van der Waals surface area contributed by atoms with Gasteiger partial charge in [0.05, 0.1) is 23.6 Å². The van der Waals surface area contributed by atoms with Crippen LogP contribution in [-0.4, -0.2) is 18.2 Å². The van der Waals surface area contributed by atoms with Crippen molar-refractivity contribution in [3.8, 4) is 5.75 Å². The lowest BCUT2D eigenvalue weighted by Crippen LogP contribution is -2.21. The zero-order valence-electron chi connectivity index (χ0n) is 13.8. The van der Waals surface area contributed by atoms with Crippen LogP contribution in [0.2, 0.25) is 5.02 Å². The van der Waals surface area contributed by atoms with Gasteiger partial charge in [-0.1, -0.05) is 33.6 Å². The molecule has 0 fully saturated rings. The summed E-state index contributed by atoms with van der Waals surface area (Å²) in [4.78, 5) is 12.8. The molecule has 25 heavy (non-hydrogen) atoms. The fourth-order valence-electron chi connectivity index (χ4n) is 2.54. The number of hydrazone groups is 1. The van der Waals surface area contributed by atoms with Crippen molar-refractivity contribution in [3.05, 3.63) is 63.1 Å². The lowest BCUT2D eigenvalue weighted by atomic mass is 10.1. The van der Waals surface area contributed by atoms with E-state index in [0.717, 1.165) is 15.8 Å². The van der Waals surface area contributed by atoms with Crippen LogP contribution in [0.25, 0.3) is 6.08 Å². The quantitative estimate of drug-likeness (QED) is 0.630. The second-order valence-corrected chi connectivity index (χ2v) is 6.81. The molecular formula is C19H16BrClN2O2. The van der Waals surface area contributed by atoms with Crippen molar-refractivity contribution in [3.63, 3.8) is 0 Å². The highest BCUT2D eigenvalue weighted by Crippen LogP contribution is 2.30. The van der Waals surface area contributed by atoms with E-state index in [1.54, 1.807) is 24.3 Å². The van der Waals surface area contributed by atoms with Gasteiger partial charge in [-0.15, -0.1) is 0 Å². The molecule has 0 spiro atoms. The Balaban J connectivity index is 1.99. The third-order valence-electron chi connectivity index (χ3n) is 3.69. The van der Waals surface area contributed by atoms with E-state index < -0.39 is 0 Å². The van der Waals surface area contributed by atoms with Gasteiger partial charge in [-0.25, -0.2) is 0 Å². The Hall–Kier alpha value is -2.11. The van der Waals surface area contributed by atoms with Crippen LogP contribution in [0, 0.1) is 0 Å². The Bertz CT molecular complexity index is 893. The molecule has 0 saturated carbocycles. The largest absolute Gasteiger partial charge is 0.493 e. The molecular weight excluding hydrogens is 404 g/mol. The van der Waals surface area contributed by atoms with Crippen LogP contribution in [-0.2, 0) is 4.79 Å². The van der Waals surface area contributed by atoms with E-state index in [0.29, 0.717) is 28.6 Å². The van der Waals surface area contributed by atoms with Crippen LogP contribution in [0.5, 0.6) is 5.75 Å². The normalized spacial score (nSPS) is 15.7. The highest BCUT2D eigenvalue weighted by molar-refractivity contribution is 9.10. The standard InChI is InChI=1S/C19H16BrClN2O2/c1-3-25-18-8-7-14(20)9-13(18)10-17-12(2)22-23(19(17)24)16-6-4-5-15(21)11-16/h4-11H,3H2,1-2H3. The second kappa shape index (κ2) is 7.42.